The first-order valence-electron chi connectivity index (χ1n) is 7.67. The molecular weight excluding hydrogens is 294 g/mol. The lowest BCUT2D eigenvalue weighted by Crippen LogP contribution is -2.21. The summed E-state index contributed by atoms with van der Waals surface area (Å²) in [4.78, 5) is 0. The number of allylic oxidation sites excluding steroid dienone is 1. The average Bonchev–Trinajstić information content (AvgIpc) is 2.48. The lowest BCUT2D eigenvalue weighted by atomic mass is 10.3. The van der Waals surface area contributed by atoms with Gasteiger partial charge in [-0.2, -0.15) is 0 Å². The second-order valence-electron chi connectivity index (χ2n) is 6.31. The summed E-state index contributed by atoms with van der Waals surface area (Å²) in [5.41, 5.74) is 0. The number of ether oxygens (including phenoxy) is 3. The van der Waals surface area contributed by atoms with Crippen LogP contribution in [0.15, 0.2) is 30.4 Å². The predicted octanol–water partition coefficient (Wildman–Crippen LogP) is 3.57. The highest BCUT2D eigenvalue weighted by Gasteiger charge is 2.09. The SMILES string of the molecule is COc1ccc(OCCNCC=CC[Si](C)(C)C)cc1OC. The summed E-state index contributed by atoms with van der Waals surface area (Å²) in [6.45, 7) is 9.45. The van der Waals surface area contributed by atoms with E-state index in [1.165, 1.54) is 6.04 Å². The third-order valence-corrected chi connectivity index (χ3v) is 4.52. The molecule has 5 heteroatoms. The van der Waals surface area contributed by atoms with Crippen LogP contribution in [0, 0.1) is 0 Å². The number of methoxy groups -OCH3 is 2. The van der Waals surface area contributed by atoms with Gasteiger partial charge in [-0.1, -0.05) is 31.8 Å². The molecule has 1 rings (SSSR count). The Hall–Kier alpha value is -1.46. The van der Waals surface area contributed by atoms with Gasteiger partial charge in [0, 0.05) is 27.2 Å². The molecule has 0 unspecified atom stereocenters. The van der Waals surface area contributed by atoms with Crippen molar-refractivity contribution in [2.75, 3.05) is 33.9 Å². The zero-order chi connectivity index (χ0) is 16.4. The Morgan fingerprint density at radius 3 is 2.41 bits per heavy atom. The van der Waals surface area contributed by atoms with Crippen LogP contribution in [0.4, 0.5) is 0 Å². The molecule has 0 spiro atoms. The Morgan fingerprint density at radius 1 is 1.05 bits per heavy atom. The number of rotatable bonds is 10. The van der Waals surface area contributed by atoms with Gasteiger partial charge in [0.15, 0.2) is 11.5 Å². The Morgan fingerprint density at radius 2 is 1.77 bits per heavy atom. The molecule has 1 aromatic carbocycles. The molecular formula is C17H29NO3Si. The molecule has 0 fully saturated rings. The van der Waals surface area contributed by atoms with E-state index < -0.39 is 8.07 Å². The summed E-state index contributed by atoms with van der Waals surface area (Å²) in [5.74, 6) is 2.18. The van der Waals surface area contributed by atoms with Crippen LogP contribution in [0.2, 0.25) is 25.7 Å². The molecule has 0 aliphatic heterocycles. The minimum absolute atomic E-state index is 0.622. The van der Waals surface area contributed by atoms with Gasteiger partial charge in [-0.05, 0) is 18.2 Å². The van der Waals surface area contributed by atoms with Gasteiger partial charge >= 0.3 is 0 Å². The molecule has 0 atom stereocenters. The normalized spacial score (nSPS) is 11.7. The van der Waals surface area contributed by atoms with Crippen LogP contribution in [0.3, 0.4) is 0 Å². The van der Waals surface area contributed by atoms with E-state index in [0.29, 0.717) is 18.1 Å². The number of hydrogen-bond acceptors (Lipinski definition) is 4. The van der Waals surface area contributed by atoms with Crippen LogP contribution in [0.5, 0.6) is 17.2 Å². The maximum atomic E-state index is 5.69. The van der Waals surface area contributed by atoms with Crippen LogP contribution in [0.1, 0.15) is 0 Å². The molecule has 4 nitrogen and oxygen atoms in total. The Bertz CT molecular complexity index is 469. The van der Waals surface area contributed by atoms with E-state index >= 15 is 0 Å². The topological polar surface area (TPSA) is 39.7 Å². The lowest BCUT2D eigenvalue weighted by molar-refractivity contribution is 0.309. The molecule has 0 aromatic heterocycles. The first-order chi connectivity index (χ1) is 10.5. The first-order valence-corrected chi connectivity index (χ1v) is 11.4. The van der Waals surface area contributed by atoms with Gasteiger partial charge in [0.1, 0.15) is 12.4 Å². The maximum Gasteiger partial charge on any atom is 0.164 e. The Kier molecular flexibility index (Phi) is 8.05. The van der Waals surface area contributed by atoms with Crippen molar-refractivity contribution in [3.8, 4) is 17.2 Å². The third kappa shape index (κ3) is 7.52. The van der Waals surface area contributed by atoms with E-state index in [1.807, 2.05) is 18.2 Å². The summed E-state index contributed by atoms with van der Waals surface area (Å²) < 4.78 is 16.1. The fourth-order valence-corrected chi connectivity index (χ4v) is 2.73. The predicted molar refractivity (Wildman–Crippen MR) is 95.2 cm³/mol. The molecule has 0 bridgehead atoms. The van der Waals surface area contributed by atoms with Gasteiger partial charge in [0.05, 0.1) is 14.2 Å². The molecule has 0 saturated carbocycles. The van der Waals surface area contributed by atoms with Crippen molar-refractivity contribution in [3.63, 3.8) is 0 Å². The molecule has 22 heavy (non-hydrogen) atoms. The molecule has 124 valence electrons. The zero-order valence-electron chi connectivity index (χ0n) is 14.4. The Balaban J connectivity index is 2.22. The maximum absolute atomic E-state index is 5.69. The van der Waals surface area contributed by atoms with E-state index in [9.17, 15) is 0 Å². The van der Waals surface area contributed by atoms with Crippen molar-refractivity contribution in [2.45, 2.75) is 25.7 Å². The fraction of sp³-hybridized carbons (Fsp3) is 0.529. The quantitative estimate of drug-likeness (QED) is 0.406. The van der Waals surface area contributed by atoms with Gasteiger partial charge in [-0.25, -0.2) is 0 Å². The van der Waals surface area contributed by atoms with Crippen LogP contribution < -0.4 is 19.5 Å². The van der Waals surface area contributed by atoms with Crippen molar-refractivity contribution < 1.29 is 14.2 Å². The zero-order valence-corrected chi connectivity index (χ0v) is 15.4. The van der Waals surface area contributed by atoms with Crippen molar-refractivity contribution >= 4 is 8.07 Å². The molecule has 0 radical (unpaired) electrons. The van der Waals surface area contributed by atoms with E-state index in [0.717, 1.165) is 18.8 Å². The largest absolute Gasteiger partial charge is 0.493 e. The van der Waals surface area contributed by atoms with Gasteiger partial charge in [-0.3, -0.25) is 0 Å². The minimum Gasteiger partial charge on any atom is -0.493 e. The summed E-state index contributed by atoms with van der Waals surface area (Å²) in [6, 6.07) is 6.81. The highest BCUT2D eigenvalue weighted by Crippen LogP contribution is 2.30. The van der Waals surface area contributed by atoms with Crippen molar-refractivity contribution in [1.29, 1.82) is 0 Å². The van der Waals surface area contributed by atoms with E-state index in [-0.39, 0.29) is 0 Å². The highest BCUT2D eigenvalue weighted by molar-refractivity contribution is 6.76. The van der Waals surface area contributed by atoms with Crippen LogP contribution in [0.25, 0.3) is 0 Å². The molecule has 0 saturated heterocycles. The van der Waals surface area contributed by atoms with Crippen molar-refractivity contribution in [2.24, 2.45) is 0 Å². The number of nitrogens with one attached hydrogen (secondary N) is 1. The Labute approximate surface area is 135 Å². The van der Waals surface area contributed by atoms with Gasteiger partial charge in [-0.15, -0.1) is 0 Å². The van der Waals surface area contributed by atoms with E-state index in [1.54, 1.807) is 14.2 Å². The standard InChI is InChI=1S/C17H29NO3Si/c1-19-16-9-8-15(14-17(16)20-2)21-12-11-18-10-6-7-13-22(3,4)5/h6-9,14,18H,10-13H2,1-5H3. The second kappa shape index (κ2) is 9.53. The monoisotopic (exact) mass is 323 g/mol. The summed E-state index contributed by atoms with van der Waals surface area (Å²) >= 11 is 0. The average molecular weight is 324 g/mol. The molecule has 1 aromatic rings. The molecule has 0 aliphatic rings. The molecule has 0 amide bonds. The summed E-state index contributed by atoms with van der Waals surface area (Å²) in [5, 5.41) is 3.34. The number of benzene rings is 1. The van der Waals surface area contributed by atoms with Crippen molar-refractivity contribution in [1.82, 2.24) is 5.32 Å². The molecule has 1 N–H and O–H groups in total. The lowest BCUT2D eigenvalue weighted by Gasteiger charge is -2.12. The fourth-order valence-electron chi connectivity index (χ4n) is 1.85. The molecule has 0 heterocycles. The van der Waals surface area contributed by atoms with Gasteiger partial charge in [0.2, 0.25) is 0 Å². The smallest absolute Gasteiger partial charge is 0.164 e. The van der Waals surface area contributed by atoms with Crippen molar-refractivity contribution in [3.05, 3.63) is 30.4 Å². The van der Waals surface area contributed by atoms with E-state index in [2.05, 4.69) is 37.1 Å². The van der Waals surface area contributed by atoms with E-state index in [4.69, 9.17) is 14.2 Å². The minimum atomic E-state index is -0.955. The highest BCUT2D eigenvalue weighted by atomic mass is 28.3. The number of hydrogen-bond donors (Lipinski definition) is 1. The van der Waals surface area contributed by atoms with Crippen LogP contribution in [-0.2, 0) is 0 Å². The van der Waals surface area contributed by atoms with Crippen LogP contribution >= 0.6 is 0 Å². The van der Waals surface area contributed by atoms with Gasteiger partial charge in [0.25, 0.3) is 0 Å². The third-order valence-electron chi connectivity index (χ3n) is 3.06. The first kappa shape index (κ1) is 18.6. The summed E-state index contributed by atoms with van der Waals surface area (Å²) in [7, 11) is 2.29. The summed E-state index contributed by atoms with van der Waals surface area (Å²) in [6.07, 6.45) is 4.49. The van der Waals surface area contributed by atoms with Crippen LogP contribution in [-0.4, -0.2) is 42.0 Å². The molecule has 0 aliphatic carbocycles. The second-order valence-corrected chi connectivity index (χ2v) is 11.8. The van der Waals surface area contributed by atoms with Gasteiger partial charge < -0.3 is 19.5 Å².